The molecule has 1 fully saturated rings. The second kappa shape index (κ2) is 2.88. The Labute approximate surface area is 72.7 Å². The minimum absolute atomic E-state index is 0.100. The van der Waals surface area contributed by atoms with Crippen LogP contribution in [-0.4, -0.2) is 10.3 Å². The first kappa shape index (κ1) is 7.77. The second-order valence-corrected chi connectivity index (χ2v) is 4.45. The van der Waals surface area contributed by atoms with Crippen molar-refractivity contribution in [3.63, 3.8) is 0 Å². The first-order valence-corrected chi connectivity index (χ1v) is 5.59. The lowest BCUT2D eigenvalue weighted by Crippen LogP contribution is -2.17. The van der Waals surface area contributed by atoms with Crippen LogP contribution in [0.4, 0.5) is 0 Å². The molecule has 2 aliphatic carbocycles. The SMILES string of the molecule is O=S(Cl)O[C@@H]1C[C@@H]2C=C[C@H]1C2. The number of allylic oxidation sites excluding steroid dienone is 1. The van der Waals surface area contributed by atoms with Crippen LogP contribution in [0.1, 0.15) is 12.8 Å². The minimum atomic E-state index is -1.62. The van der Waals surface area contributed by atoms with Crippen molar-refractivity contribution in [1.82, 2.24) is 0 Å². The zero-order chi connectivity index (χ0) is 7.84. The molecule has 0 aromatic rings. The molecule has 4 heteroatoms. The van der Waals surface area contributed by atoms with E-state index in [2.05, 4.69) is 12.2 Å². The van der Waals surface area contributed by atoms with Gasteiger partial charge in [0.1, 0.15) is 0 Å². The maximum atomic E-state index is 10.5. The highest BCUT2D eigenvalue weighted by Crippen LogP contribution is 2.41. The van der Waals surface area contributed by atoms with Crippen LogP contribution in [0.2, 0.25) is 0 Å². The predicted octanol–water partition coefficient (Wildman–Crippen LogP) is 1.79. The number of rotatable bonds is 2. The number of hydrogen-bond acceptors (Lipinski definition) is 2. The van der Waals surface area contributed by atoms with E-state index in [1.54, 1.807) is 0 Å². The van der Waals surface area contributed by atoms with Gasteiger partial charge in [-0.25, -0.2) is 4.21 Å². The molecule has 0 amide bonds. The Kier molecular flexibility index (Phi) is 2.04. The number of fused-ring (bicyclic) bond motifs is 2. The zero-order valence-corrected chi connectivity index (χ0v) is 7.48. The van der Waals surface area contributed by atoms with Crippen LogP contribution in [0.15, 0.2) is 12.2 Å². The largest absolute Gasteiger partial charge is 0.274 e. The van der Waals surface area contributed by atoms with Gasteiger partial charge in [0.05, 0.1) is 6.10 Å². The van der Waals surface area contributed by atoms with Crippen LogP contribution < -0.4 is 0 Å². The fourth-order valence-electron chi connectivity index (χ4n) is 1.94. The van der Waals surface area contributed by atoms with Crippen LogP contribution >= 0.6 is 10.7 Å². The molecule has 2 nitrogen and oxygen atoms in total. The quantitative estimate of drug-likeness (QED) is 0.493. The summed E-state index contributed by atoms with van der Waals surface area (Å²) in [5.41, 5.74) is 0. The molecule has 0 N–H and O–H groups in total. The number of halogens is 1. The molecule has 0 aliphatic heterocycles. The molecule has 0 heterocycles. The Morgan fingerprint density at radius 1 is 1.45 bits per heavy atom. The zero-order valence-electron chi connectivity index (χ0n) is 5.90. The van der Waals surface area contributed by atoms with E-state index in [-0.39, 0.29) is 6.10 Å². The highest BCUT2D eigenvalue weighted by molar-refractivity contribution is 8.04. The van der Waals surface area contributed by atoms with Gasteiger partial charge in [0.25, 0.3) is 10.3 Å². The van der Waals surface area contributed by atoms with Gasteiger partial charge in [0.2, 0.25) is 0 Å². The maximum Gasteiger partial charge on any atom is 0.256 e. The van der Waals surface area contributed by atoms with Crippen molar-refractivity contribution >= 4 is 21.0 Å². The molecule has 0 aromatic heterocycles. The molecule has 11 heavy (non-hydrogen) atoms. The van der Waals surface area contributed by atoms with Crippen molar-refractivity contribution in [3.05, 3.63) is 12.2 Å². The van der Waals surface area contributed by atoms with Gasteiger partial charge < -0.3 is 0 Å². The summed E-state index contributed by atoms with van der Waals surface area (Å²) in [4.78, 5) is 0. The van der Waals surface area contributed by atoms with E-state index in [0.717, 1.165) is 12.8 Å². The fraction of sp³-hybridized carbons (Fsp3) is 0.714. The van der Waals surface area contributed by atoms with Crippen LogP contribution in [0.5, 0.6) is 0 Å². The average Bonchev–Trinajstić information content (AvgIpc) is 2.45. The molecule has 62 valence electrons. The Balaban J connectivity index is 1.98. The van der Waals surface area contributed by atoms with Crippen LogP contribution in [0.3, 0.4) is 0 Å². The van der Waals surface area contributed by atoms with Gasteiger partial charge in [0.15, 0.2) is 0 Å². The lowest BCUT2D eigenvalue weighted by molar-refractivity contribution is 0.201. The smallest absolute Gasteiger partial charge is 0.256 e. The molecule has 0 saturated heterocycles. The normalized spacial score (nSPS) is 43.2. The van der Waals surface area contributed by atoms with E-state index >= 15 is 0 Å². The van der Waals surface area contributed by atoms with E-state index in [1.807, 2.05) is 0 Å². The highest BCUT2D eigenvalue weighted by atomic mass is 35.7. The Hall–Kier alpha value is 0.140. The first-order valence-electron chi connectivity index (χ1n) is 3.69. The summed E-state index contributed by atoms with van der Waals surface area (Å²) in [5.74, 6) is 1.10. The van der Waals surface area contributed by atoms with Gasteiger partial charge >= 0.3 is 0 Å². The Bertz CT molecular complexity index is 216. The van der Waals surface area contributed by atoms with Crippen molar-refractivity contribution in [3.8, 4) is 0 Å². The molecule has 0 spiro atoms. The fourth-order valence-corrected chi connectivity index (χ4v) is 2.63. The summed E-state index contributed by atoms with van der Waals surface area (Å²) in [6, 6.07) is 0. The average molecular weight is 193 g/mol. The van der Waals surface area contributed by atoms with Gasteiger partial charge in [-0.1, -0.05) is 12.2 Å². The molecule has 0 aromatic carbocycles. The molecular weight excluding hydrogens is 184 g/mol. The van der Waals surface area contributed by atoms with Crippen molar-refractivity contribution in [2.45, 2.75) is 18.9 Å². The molecule has 1 unspecified atom stereocenters. The third-order valence-corrected chi connectivity index (χ3v) is 3.03. The highest BCUT2D eigenvalue weighted by Gasteiger charge is 2.37. The van der Waals surface area contributed by atoms with E-state index in [1.165, 1.54) is 0 Å². The van der Waals surface area contributed by atoms with Crippen molar-refractivity contribution < 1.29 is 8.39 Å². The molecule has 2 rings (SSSR count). The molecular formula is C7H9ClO2S. The van der Waals surface area contributed by atoms with Crippen molar-refractivity contribution in [2.75, 3.05) is 0 Å². The monoisotopic (exact) mass is 192 g/mol. The standard InChI is InChI=1S/C7H9ClO2S/c8-11(9)10-7-4-5-1-2-6(7)3-5/h1-2,5-7H,3-4H2/t5-,6+,7-,11?/m1/s1. The predicted molar refractivity (Wildman–Crippen MR) is 44.2 cm³/mol. The summed E-state index contributed by atoms with van der Waals surface area (Å²) >= 11 is 0. The Morgan fingerprint density at radius 3 is 2.73 bits per heavy atom. The van der Waals surface area contributed by atoms with Gasteiger partial charge in [-0.05, 0) is 18.8 Å². The first-order chi connectivity index (χ1) is 5.25. The van der Waals surface area contributed by atoms with E-state index in [9.17, 15) is 4.21 Å². The second-order valence-electron chi connectivity index (χ2n) is 3.11. The molecule has 4 atom stereocenters. The van der Waals surface area contributed by atoms with Crippen LogP contribution in [-0.2, 0) is 14.5 Å². The third kappa shape index (κ3) is 1.50. The van der Waals surface area contributed by atoms with Gasteiger partial charge in [-0.15, -0.1) is 0 Å². The summed E-state index contributed by atoms with van der Waals surface area (Å²) in [6.45, 7) is 0. The topological polar surface area (TPSA) is 26.3 Å². The van der Waals surface area contributed by atoms with E-state index in [4.69, 9.17) is 14.9 Å². The van der Waals surface area contributed by atoms with Crippen molar-refractivity contribution in [2.24, 2.45) is 11.8 Å². The minimum Gasteiger partial charge on any atom is -0.274 e. The Morgan fingerprint density at radius 2 is 2.27 bits per heavy atom. The third-order valence-electron chi connectivity index (χ3n) is 2.42. The maximum absolute atomic E-state index is 10.5. The van der Waals surface area contributed by atoms with E-state index in [0.29, 0.717) is 11.8 Å². The van der Waals surface area contributed by atoms with Crippen LogP contribution in [0, 0.1) is 11.8 Å². The van der Waals surface area contributed by atoms with Gasteiger partial charge in [-0.2, -0.15) is 0 Å². The van der Waals surface area contributed by atoms with E-state index < -0.39 is 10.3 Å². The van der Waals surface area contributed by atoms with Gasteiger partial charge in [-0.3, -0.25) is 4.18 Å². The molecule has 1 saturated carbocycles. The summed E-state index contributed by atoms with van der Waals surface area (Å²) < 4.78 is 15.5. The molecule has 2 bridgehead atoms. The van der Waals surface area contributed by atoms with Crippen LogP contribution in [0.25, 0.3) is 0 Å². The molecule has 0 radical (unpaired) electrons. The number of hydrogen-bond donors (Lipinski definition) is 0. The lowest BCUT2D eigenvalue weighted by atomic mass is 10.1. The lowest BCUT2D eigenvalue weighted by Gasteiger charge is -2.14. The summed E-state index contributed by atoms with van der Waals surface area (Å²) in [6.07, 6.45) is 6.59. The van der Waals surface area contributed by atoms with Crippen molar-refractivity contribution in [1.29, 1.82) is 0 Å². The molecule has 2 aliphatic rings. The summed E-state index contributed by atoms with van der Waals surface area (Å²) in [7, 11) is 3.60. The summed E-state index contributed by atoms with van der Waals surface area (Å²) in [5, 5.41) is 0. The van der Waals surface area contributed by atoms with Gasteiger partial charge in [0, 0.05) is 16.6 Å².